The van der Waals surface area contributed by atoms with Crippen LogP contribution in [-0.2, 0) is 0 Å². The van der Waals surface area contributed by atoms with Crippen molar-refractivity contribution in [1.29, 1.82) is 0 Å². The molecule has 0 atom stereocenters. The van der Waals surface area contributed by atoms with Crippen LogP contribution in [0, 0.1) is 0 Å². The molecule has 0 aliphatic rings. The summed E-state index contributed by atoms with van der Waals surface area (Å²) in [7, 11) is 0. The molecule has 0 bridgehead atoms. The van der Waals surface area contributed by atoms with Crippen LogP contribution in [0.4, 0.5) is 17.1 Å². The Kier molecular flexibility index (Phi) is 5.91. The van der Waals surface area contributed by atoms with Crippen molar-refractivity contribution >= 4 is 82.1 Å². The van der Waals surface area contributed by atoms with Gasteiger partial charge < -0.3 is 9.32 Å². The summed E-state index contributed by atoms with van der Waals surface area (Å²) in [5.74, 6) is 0. The number of hydrogen-bond donors (Lipinski definition) is 0. The number of hydrogen-bond acceptors (Lipinski definition) is 2. The van der Waals surface area contributed by atoms with Crippen LogP contribution in [0.2, 0.25) is 0 Å². The smallest absolute Gasteiger partial charge is 0.137 e. The summed E-state index contributed by atoms with van der Waals surface area (Å²) in [6, 6.07) is 63.3. The average Bonchev–Trinajstić information content (AvgIpc) is 3.55. The Morgan fingerprint density at radius 2 is 0.917 bits per heavy atom. The molecule has 0 N–H and O–H groups in total. The van der Waals surface area contributed by atoms with Gasteiger partial charge in [-0.15, -0.1) is 0 Å². The summed E-state index contributed by atoms with van der Waals surface area (Å²) < 4.78 is 6.54. The van der Waals surface area contributed by atoms with Gasteiger partial charge in [0.15, 0.2) is 0 Å². The monoisotopic (exact) mass is 611 g/mol. The fourth-order valence-corrected chi connectivity index (χ4v) is 7.56. The van der Waals surface area contributed by atoms with Crippen LogP contribution >= 0.6 is 0 Å². The third kappa shape index (κ3) is 4.13. The van der Waals surface area contributed by atoms with Gasteiger partial charge in [0.1, 0.15) is 11.2 Å². The maximum atomic E-state index is 6.54. The van der Waals surface area contributed by atoms with Gasteiger partial charge in [0.25, 0.3) is 0 Å². The second kappa shape index (κ2) is 10.6. The molecular weight excluding hydrogens is 583 g/mol. The van der Waals surface area contributed by atoms with Crippen molar-refractivity contribution in [2.45, 2.75) is 0 Å². The molecule has 9 aromatic carbocycles. The van der Waals surface area contributed by atoms with E-state index in [9.17, 15) is 0 Å². The summed E-state index contributed by atoms with van der Waals surface area (Å²) >= 11 is 0. The van der Waals surface area contributed by atoms with Crippen molar-refractivity contribution in [3.63, 3.8) is 0 Å². The van der Waals surface area contributed by atoms with Crippen molar-refractivity contribution in [3.05, 3.63) is 176 Å². The summed E-state index contributed by atoms with van der Waals surface area (Å²) in [6.07, 6.45) is 0. The molecule has 0 amide bonds. The summed E-state index contributed by atoms with van der Waals surface area (Å²) in [5, 5.41) is 12.2. The highest BCUT2D eigenvalue weighted by atomic mass is 16.3. The minimum atomic E-state index is 0.877. The molecule has 0 saturated heterocycles. The first-order chi connectivity index (χ1) is 23.8. The highest BCUT2D eigenvalue weighted by Crippen LogP contribution is 2.46. The molecule has 1 aromatic heterocycles. The molecule has 1 heterocycles. The van der Waals surface area contributed by atoms with E-state index in [2.05, 4.69) is 181 Å². The Bertz CT molecular complexity index is 2830. The zero-order valence-electron chi connectivity index (χ0n) is 26.1. The fourth-order valence-electron chi connectivity index (χ4n) is 7.56. The number of rotatable bonds is 4. The highest BCUT2D eigenvalue weighted by molar-refractivity contribution is 6.23. The fraction of sp³-hybridized carbons (Fsp3) is 0. The lowest BCUT2D eigenvalue weighted by Gasteiger charge is -2.27. The minimum absolute atomic E-state index is 0.877. The maximum absolute atomic E-state index is 6.54. The third-order valence-electron chi connectivity index (χ3n) is 9.82. The maximum Gasteiger partial charge on any atom is 0.137 e. The Hall–Kier alpha value is -6.38. The molecule has 10 aromatic rings. The van der Waals surface area contributed by atoms with Crippen molar-refractivity contribution in [2.75, 3.05) is 4.90 Å². The first-order valence-corrected chi connectivity index (χ1v) is 16.4. The van der Waals surface area contributed by atoms with E-state index in [1.54, 1.807) is 0 Å². The topological polar surface area (TPSA) is 16.4 Å². The standard InChI is InChI=1S/C46H29NO/c1-2-9-30(10-3-1)31-17-23-35(24-18-31)47(42-15-8-16-43-46(42)45-38-14-7-5-12-33(38)22-28-44(45)48-43)36-25-19-34-21-26-39-37-13-6-4-11-32(37)20-27-40(39)41(34)29-36/h1-29H. The largest absolute Gasteiger partial charge is 0.456 e. The van der Waals surface area contributed by atoms with E-state index < -0.39 is 0 Å². The van der Waals surface area contributed by atoms with E-state index in [4.69, 9.17) is 4.42 Å². The third-order valence-corrected chi connectivity index (χ3v) is 9.82. The molecule has 224 valence electrons. The van der Waals surface area contributed by atoms with E-state index in [0.717, 1.165) is 39.0 Å². The van der Waals surface area contributed by atoms with Crippen molar-refractivity contribution in [1.82, 2.24) is 0 Å². The summed E-state index contributed by atoms with van der Waals surface area (Å²) in [4.78, 5) is 2.40. The number of nitrogens with zero attached hydrogens (tertiary/aromatic N) is 1. The molecule has 0 radical (unpaired) electrons. The lowest BCUT2D eigenvalue weighted by molar-refractivity contribution is 0.669. The van der Waals surface area contributed by atoms with Gasteiger partial charge in [-0.3, -0.25) is 0 Å². The SMILES string of the molecule is c1ccc(-c2ccc(N(c3ccc4ccc5c6ccccc6ccc5c4c3)c3cccc4oc5ccc6ccccc6c5c34)cc2)cc1. The van der Waals surface area contributed by atoms with Crippen molar-refractivity contribution in [2.24, 2.45) is 0 Å². The molecule has 2 nitrogen and oxygen atoms in total. The number of benzene rings is 9. The molecule has 10 rings (SSSR count). The van der Waals surface area contributed by atoms with Crippen molar-refractivity contribution in [3.8, 4) is 11.1 Å². The van der Waals surface area contributed by atoms with E-state index >= 15 is 0 Å². The summed E-state index contributed by atoms with van der Waals surface area (Å²) in [6.45, 7) is 0. The van der Waals surface area contributed by atoms with Gasteiger partial charge in [0, 0.05) is 16.8 Å². The Morgan fingerprint density at radius 3 is 1.73 bits per heavy atom. The molecule has 48 heavy (non-hydrogen) atoms. The first-order valence-electron chi connectivity index (χ1n) is 16.4. The van der Waals surface area contributed by atoms with Gasteiger partial charge in [0.05, 0.1) is 11.1 Å². The number of fused-ring (bicyclic) bond motifs is 10. The zero-order chi connectivity index (χ0) is 31.6. The minimum Gasteiger partial charge on any atom is -0.456 e. The van der Waals surface area contributed by atoms with Crippen LogP contribution in [0.5, 0.6) is 0 Å². The summed E-state index contributed by atoms with van der Waals surface area (Å²) in [5.41, 5.74) is 7.43. The van der Waals surface area contributed by atoms with Crippen LogP contribution in [0.25, 0.3) is 76.2 Å². The predicted octanol–water partition coefficient (Wildman–Crippen LogP) is 13.3. The van der Waals surface area contributed by atoms with E-state index in [1.165, 1.54) is 54.2 Å². The van der Waals surface area contributed by atoms with E-state index in [-0.39, 0.29) is 0 Å². The number of anilines is 3. The van der Waals surface area contributed by atoms with Crippen molar-refractivity contribution < 1.29 is 4.42 Å². The van der Waals surface area contributed by atoms with Crippen LogP contribution in [0.1, 0.15) is 0 Å². The molecule has 2 heteroatoms. The molecular formula is C46H29NO. The van der Waals surface area contributed by atoms with Gasteiger partial charge in [-0.2, -0.15) is 0 Å². The molecule has 0 fully saturated rings. The average molecular weight is 612 g/mol. The molecule has 0 aliphatic carbocycles. The second-order valence-electron chi connectivity index (χ2n) is 12.5. The molecule has 0 unspecified atom stereocenters. The van der Waals surface area contributed by atoms with Crippen LogP contribution < -0.4 is 4.90 Å². The zero-order valence-corrected chi connectivity index (χ0v) is 26.1. The van der Waals surface area contributed by atoms with Crippen LogP contribution in [0.3, 0.4) is 0 Å². The Labute approximate surface area is 277 Å². The molecule has 0 aliphatic heterocycles. The van der Waals surface area contributed by atoms with E-state index in [0.29, 0.717) is 0 Å². The number of furan rings is 1. The first kappa shape index (κ1) is 26.8. The van der Waals surface area contributed by atoms with Gasteiger partial charge in [-0.05, 0) is 96.7 Å². The lowest BCUT2D eigenvalue weighted by atomic mass is 9.96. The lowest BCUT2D eigenvalue weighted by Crippen LogP contribution is -2.10. The van der Waals surface area contributed by atoms with Crippen LogP contribution in [0.15, 0.2) is 180 Å². The van der Waals surface area contributed by atoms with E-state index in [1.807, 2.05) is 0 Å². The molecule has 0 spiro atoms. The molecule has 0 saturated carbocycles. The van der Waals surface area contributed by atoms with Gasteiger partial charge >= 0.3 is 0 Å². The predicted molar refractivity (Wildman–Crippen MR) is 204 cm³/mol. The second-order valence-corrected chi connectivity index (χ2v) is 12.5. The normalized spacial score (nSPS) is 11.8. The van der Waals surface area contributed by atoms with Gasteiger partial charge in [-0.25, -0.2) is 0 Å². The highest BCUT2D eigenvalue weighted by Gasteiger charge is 2.21. The Morgan fingerprint density at radius 1 is 0.333 bits per heavy atom. The Balaban J connectivity index is 1.26. The van der Waals surface area contributed by atoms with Crippen LogP contribution in [-0.4, -0.2) is 0 Å². The quantitative estimate of drug-likeness (QED) is 0.184. The van der Waals surface area contributed by atoms with Gasteiger partial charge in [0.2, 0.25) is 0 Å². The van der Waals surface area contributed by atoms with Gasteiger partial charge in [-0.1, -0.05) is 133 Å².